The molecule has 212 valence electrons. The van der Waals surface area contributed by atoms with E-state index in [9.17, 15) is 0 Å². The van der Waals surface area contributed by atoms with Gasteiger partial charge in [0.05, 0.1) is 22.8 Å². The Balaban J connectivity index is 0.000000167. The van der Waals surface area contributed by atoms with Crippen LogP contribution in [0, 0.1) is 6.92 Å². The van der Waals surface area contributed by atoms with Crippen LogP contribution in [0.15, 0.2) is 176 Å². The van der Waals surface area contributed by atoms with Crippen LogP contribution >= 0.6 is 0 Å². The predicted octanol–water partition coefficient (Wildman–Crippen LogP) is 10.3. The highest BCUT2D eigenvalue weighted by Crippen LogP contribution is 2.40. The summed E-state index contributed by atoms with van der Waals surface area (Å²) in [5.41, 5.74) is 10.8. The number of rotatable bonds is 6. The fourth-order valence-electron chi connectivity index (χ4n) is 5.07. The zero-order valence-corrected chi connectivity index (χ0v) is 24.5. The predicted molar refractivity (Wildman–Crippen MR) is 182 cm³/mol. The van der Waals surface area contributed by atoms with Crippen molar-refractivity contribution in [2.75, 3.05) is 4.90 Å². The van der Waals surface area contributed by atoms with Gasteiger partial charge in [0, 0.05) is 41.1 Å². The lowest BCUT2D eigenvalue weighted by Crippen LogP contribution is -2.10. The highest BCUT2D eigenvalue weighted by Gasteiger charge is 2.16. The molecule has 0 unspecified atom stereocenters. The minimum atomic E-state index is 0.858. The number of para-hydroxylation sites is 3. The number of benzene rings is 4. The van der Waals surface area contributed by atoms with Crippen LogP contribution in [-0.4, -0.2) is 15.0 Å². The monoisotopic (exact) mass is 568 g/mol. The molecule has 4 aromatic carbocycles. The number of pyridine rings is 3. The summed E-state index contributed by atoms with van der Waals surface area (Å²) in [6.45, 7) is 2.12. The number of anilines is 3. The third-order valence-electron chi connectivity index (χ3n) is 7.19. The minimum Gasteiger partial charge on any atom is -0.310 e. The normalized spacial score (nSPS) is 10.4. The van der Waals surface area contributed by atoms with Gasteiger partial charge in [-0.05, 0) is 79.2 Å². The maximum Gasteiger partial charge on any atom is 0.0980 e. The summed E-state index contributed by atoms with van der Waals surface area (Å²) in [5, 5.41) is 0. The molecule has 0 N–H and O–H groups in total. The van der Waals surface area contributed by atoms with Crippen molar-refractivity contribution in [3.8, 4) is 33.8 Å². The van der Waals surface area contributed by atoms with Gasteiger partial charge in [-0.1, -0.05) is 96.6 Å². The highest BCUT2D eigenvalue weighted by molar-refractivity contribution is 5.88. The van der Waals surface area contributed by atoms with E-state index in [2.05, 4.69) is 136 Å². The van der Waals surface area contributed by atoms with Gasteiger partial charge in [0.25, 0.3) is 0 Å². The lowest BCUT2D eigenvalue weighted by Gasteiger charge is -2.27. The fourth-order valence-corrected chi connectivity index (χ4v) is 5.07. The molecule has 7 aromatic rings. The molecule has 3 aromatic heterocycles. The Labute approximate surface area is 259 Å². The van der Waals surface area contributed by atoms with E-state index in [0.717, 1.165) is 34.0 Å². The molecule has 0 saturated heterocycles. The van der Waals surface area contributed by atoms with Crippen LogP contribution < -0.4 is 4.90 Å². The first-order chi connectivity index (χ1) is 21.8. The van der Waals surface area contributed by atoms with Crippen molar-refractivity contribution in [1.29, 1.82) is 0 Å². The second-order valence-corrected chi connectivity index (χ2v) is 10.2. The number of hydrogen-bond donors (Lipinski definition) is 0. The first-order valence-electron chi connectivity index (χ1n) is 14.6. The van der Waals surface area contributed by atoms with Crippen LogP contribution in [0.5, 0.6) is 0 Å². The van der Waals surface area contributed by atoms with Gasteiger partial charge in [0.2, 0.25) is 0 Å². The molecule has 3 heterocycles. The molecule has 0 radical (unpaired) electrons. The Bertz CT molecular complexity index is 1790. The SMILES string of the molecule is Cc1ccc(-c2ccccc2N(c2ccccc2)c2ccccc2)cc1.c1ccc(-c2cccnc2-c2ccccn2)nc1. The third kappa shape index (κ3) is 6.61. The lowest BCUT2D eigenvalue weighted by atomic mass is 10.0. The van der Waals surface area contributed by atoms with Crippen molar-refractivity contribution < 1.29 is 0 Å². The summed E-state index contributed by atoms with van der Waals surface area (Å²) < 4.78 is 0. The molecule has 0 aliphatic heterocycles. The van der Waals surface area contributed by atoms with Gasteiger partial charge in [-0.15, -0.1) is 0 Å². The summed E-state index contributed by atoms with van der Waals surface area (Å²) >= 11 is 0. The molecule has 0 fully saturated rings. The molecule has 0 spiro atoms. The Morgan fingerprint density at radius 2 is 0.932 bits per heavy atom. The van der Waals surface area contributed by atoms with Crippen LogP contribution in [0.2, 0.25) is 0 Å². The molecule has 44 heavy (non-hydrogen) atoms. The summed E-state index contributed by atoms with van der Waals surface area (Å²) in [7, 11) is 0. The molecule has 4 nitrogen and oxygen atoms in total. The molecule has 7 rings (SSSR count). The van der Waals surface area contributed by atoms with Gasteiger partial charge in [0.15, 0.2) is 0 Å². The molecule has 0 aliphatic rings. The zero-order chi connectivity index (χ0) is 30.0. The third-order valence-corrected chi connectivity index (χ3v) is 7.19. The van der Waals surface area contributed by atoms with Crippen molar-refractivity contribution in [1.82, 2.24) is 15.0 Å². The Hall–Kier alpha value is -5.87. The van der Waals surface area contributed by atoms with Gasteiger partial charge in [-0.25, -0.2) is 0 Å². The Morgan fingerprint density at radius 1 is 0.409 bits per heavy atom. The number of aromatic nitrogens is 3. The van der Waals surface area contributed by atoms with Gasteiger partial charge in [0.1, 0.15) is 0 Å². The van der Waals surface area contributed by atoms with Crippen molar-refractivity contribution in [3.63, 3.8) is 0 Å². The first kappa shape index (κ1) is 28.3. The molecular weight excluding hydrogens is 536 g/mol. The van der Waals surface area contributed by atoms with Crippen molar-refractivity contribution in [3.05, 3.63) is 182 Å². The van der Waals surface area contributed by atoms with Crippen molar-refractivity contribution in [2.45, 2.75) is 6.92 Å². The highest BCUT2D eigenvalue weighted by atomic mass is 15.1. The molecule has 0 saturated carbocycles. The van der Waals surface area contributed by atoms with E-state index in [1.165, 1.54) is 22.4 Å². The van der Waals surface area contributed by atoms with Crippen LogP contribution in [0.1, 0.15) is 5.56 Å². The van der Waals surface area contributed by atoms with Crippen molar-refractivity contribution in [2.24, 2.45) is 0 Å². The molecular formula is C40H32N4. The number of nitrogens with zero attached hydrogens (tertiary/aromatic N) is 4. The van der Waals surface area contributed by atoms with E-state index >= 15 is 0 Å². The average Bonchev–Trinajstić information content (AvgIpc) is 3.11. The largest absolute Gasteiger partial charge is 0.310 e. The number of hydrogen-bond acceptors (Lipinski definition) is 4. The quantitative estimate of drug-likeness (QED) is 0.200. The first-order valence-corrected chi connectivity index (χ1v) is 14.6. The Kier molecular flexibility index (Phi) is 8.90. The summed E-state index contributed by atoms with van der Waals surface area (Å²) in [5.74, 6) is 0. The van der Waals surface area contributed by atoms with Crippen LogP contribution in [0.4, 0.5) is 17.1 Å². The summed E-state index contributed by atoms with van der Waals surface area (Å²) in [6, 6.07) is 53.9. The van der Waals surface area contributed by atoms with E-state index in [1.807, 2.05) is 48.5 Å². The van der Waals surface area contributed by atoms with Gasteiger partial charge >= 0.3 is 0 Å². The van der Waals surface area contributed by atoms with Crippen molar-refractivity contribution >= 4 is 17.1 Å². The molecule has 0 amide bonds. The second-order valence-electron chi connectivity index (χ2n) is 10.2. The van der Waals surface area contributed by atoms with Crippen LogP contribution in [-0.2, 0) is 0 Å². The maximum atomic E-state index is 4.42. The summed E-state index contributed by atoms with van der Waals surface area (Å²) in [6.07, 6.45) is 5.33. The minimum absolute atomic E-state index is 0.858. The van der Waals surface area contributed by atoms with Gasteiger partial charge in [-0.3, -0.25) is 15.0 Å². The van der Waals surface area contributed by atoms with Crippen LogP contribution in [0.3, 0.4) is 0 Å². The topological polar surface area (TPSA) is 41.9 Å². The van der Waals surface area contributed by atoms with Gasteiger partial charge < -0.3 is 4.90 Å². The number of aryl methyl sites for hydroxylation is 1. The molecule has 0 aliphatic carbocycles. The zero-order valence-electron chi connectivity index (χ0n) is 24.5. The van der Waals surface area contributed by atoms with E-state index in [0.29, 0.717) is 0 Å². The van der Waals surface area contributed by atoms with E-state index in [4.69, 9.17) is 0 Å². The Morgan fingerprint density at radius 3 is 1.55 bits per heavy atom. The van der Waals surface area contributed by atoms with E-state index < -0.39 is 0 Å². The fraction of sp³-hybridized carbons (Fsp3) is 0.0250. The standard InChI is InChI=1S/C25H21N.C15H11N3/c1-20-16-18-21(19-17-20)24-14-8-9-15-25(24)26(22-10-4-2-5-11-22)23-12-6-3-7-13-23;1-3-9-16-13(7-1)12-6-5-11-18-15(12)14-8-2-4-10-17-14/h2-19H,1H3;1-11H. The molecule has 0 atom stereocenters. The lowest BCUT2D eigenvalue weighted by molar-refractivity contribution is 1.23. The maximum absolute atomic E-state index is 4.42. The second kappa shape index (κ2) is 13.9. The van der Waals surface area contributed by atoms with Gasteiger partial charge in [-0.2, -0.15) is 0 Å². The molecule has 4 heteroatoms. The van der Waals surface area contributed by atoms with E-state index in [-0.39, 0.29) is 0 Å². The molecule has 0 bridgehead atoms. The summed E-state index contributed by atoms with van der Waals surface area (Å²) in [4.78, 5) is 15.4. The smallest absolute Gasteiger partial charge is 0.0980 e. The van der Waals surface area contributed by atoms with E-state index in [1.54, 1.807) is 18.6 Å². The average molecular weight is 569 g/mol. The van der Waals surface area contributed by atoms with Crippen LogP contribution in [0.25, 0.3) is 33.8 Å².